The van der Waals surface area contributed by atoms with Crippen molar-refractivity contribution in [3.05, 3.63) is 78.7 Å². The van der Waals surface area contributed by atoms with Gasteiger partial charge in [0.15, 0.2) is 5.78 Å². The van der Waals surface area contributed by atoms with Gasteiger partial charge in [-0.1, -0.05) is 0 Å². The zero-order chi connectivity index (χ0) is 21.5. The second-order valence-electron chi connectivity index (χ2n) is 7.36. The average molecular weight is 680 g/mol. The first-order valence-corrected chi connectivity index (χ1v) is 12.4. The van der Waals surface area contributed by atoms with Gasteiger partial charge in [-0.05, 0) is 13.8 Å². The summed E-state index contributed by atoms with van der Waals surface area (Å²) in [6, 6.07) is 23.3. The van der Waals surface area contributed by atoms with Crippen molar-refractivity contribution in [2.45, 2.75) is 13.8 Å². The molecule has 3 heterocycles. The number of hydrogen-bond acceptors (Lipinski definition) is 4. The molecule has 1 radical (unpaired) electrons. The van der Waals surface area contributed by atoms with Crippen LogP contribution in [0.5, 0.6) is 0 Å². The van der Waals surface area contributed by atoms with E-state index in [0.29, 0.717) is 14.5 Å². The van der Waals surface area contributed by atoms with Crippen molar-refractivity contribution in [3.63, 3.8) is 0 Å². The van der Waals surface area contributed by atoms with Crippen LogP contribution in [0.3, 0.4) is 0 Å². The first-order valence-electron chi connectivity index (χ1n) is 9.82. The first-order chi connectivity index (χ1) is 15.0. The Morgan fingerprint density at radius 2 is 1.81 bits per heavy atom. The van der Waals surface area contributed by atoms with Gasteiger partial charge in [0.1, 0.15) is 0 Å². The van der Waals surface area contributed by atoms with Crippen molar-refractivity contribution in [1.29, 1.82) is 0 Å². The van der Waals surface area contributed by atoms with E-state index in [1.54, 1.807) is 0 Å². The van der Waals surface area contributed by atoms with E-state index >= 15 is 0 Å². The number of aromatic nitrogens is 1. The number of rotatable bonds is 1. The average Bonchev–Trinajstić information content (AvgIpc) is 3.05. The summed E-state index contributed by atoms with van der Waals surface area (Å²) in [6.07, 6.45) is 3.13. The summed E-state index contributed by atoms with van der Waals surface area (Å²) in [5.41, 5.74) is 1.10. The standard InChI is InChI=1S/C21H10NSSe.C5H8O2.Ir/c1-2-5-13-11-16-14(10-12(13)4-1)21-20-18(8-9-22-21)24-17-7-3-6-15(23-16)19(17)20;1-4(6)3-5(2)7;/h1-9,11H;3,6H,1-2H3;/q-1;;/b;4-3-;. The molecule has 3 nitrogen and oxygen atoms in total. The molecule has 3 aromatic heterocycles. The van der Waals surface area contributed by atoms with Gasteiger partial charge in [0, 0.05) is 26.2 Å². The van der Waals surface area contributed by atoms with Gasteiger partial charge in [-0.3, -0.25) is 4.79 Å². The second kappa shape index (κ2) is 9.27. The Labute approximate surface area is 208 Å². The number of hydrogen-bond donors (Lipinski definition) is 1. The Hall–Kier alpha value is -2.33. The Morgan fingerprint density at radius 1 is 1.03 bits per heavy atom. The zero-order valence-corrected chi connectivity index (χ0v) is 22.2. The van der Waals surface area contributed by atoms with Gasteiger partial charge in [0.2, 0.25) is 0 Å². The molecule has 0 saturated carbocycles. The van der Waals surface area contributed by atoms with Crippen LogP contribution in [0.15, 0.2) is 72.6 Å². The van der Waals surface area contributed by atoms with Crippen LogP contribution in [-0.2, 0) is 24.9 Å². The number of ketones is 1. The number of pyridine rings is 1. The maximum atomic E-state index is 10.0. The van der Waals surface area contributed by atoms with Crippen LogP contribution in [0.1, 0.15) is 13.8 Å². The van der Waals surface area contributed by atoms with Crippen molar-refractivity contribution in [1.82, 2.24) is 4.98 Å². The molecule has 0 aliphatic carbocycles. The normalized spacial score (nSPS) is 11.6. The van der Waals surface area contributed by atoms with Crippen molar-refractivity contribution in [3.8, 4) is 0 Å². The van der Waals surface area contributed by atoms with E-state index in [0.717, 1.165) is 16.3 Å². The molecule has 0 unspecified atom stereocenters. The summed E-state index contributed by atoms with van der Waals surface area (Å²) < 4.78 is 5.54. The van der Waals surface area contributed by atoms with Crippen LogP contribution >= 0.6 is 11.3 Å². The second-order valence-corrected chi connectivity index (χ2v) is 10.7. The van der Waals surface area contributed by atoms with Crippen LogP contribution < -0.4 is 0 Å². The fourth-order valence-electron chi connectivity index (χ4n) is 3.82. The first kappa shape index (κ1) is 22.8. The van der Waals surface area contributed by atoms with Crippen LogP contribution in [0.25, 0.3) is 50.4 Å². The summed E-state index contributed by atoms with van der Waals surface area (Å²) >= 11 is 2.24. The molecule has 0 aliphatic rings. The van der Waals surface area contributed by atoms with Crippen LogP contribution in [0.2, 0.25) is 0 Å². The van der Waals surface area contributed by atoms with E-state index in [9.17, 15) is 4.79 Å². The SMILES string of the molecule is CC(=O)/C=C(/C)O.[Ir].[c-]1c2ccccc2cc2sc3cccc4[se]c5ccnc(c12)c5c34. The van der Waals surface area contributed by atoms with Crippen molar-refractivity contribution >= 4 is 82.0 Å². The van der Waals surface area contributed by atoms with Gasteiger partial charge in [-0.2, -0.15) is 0 Å². The molecule has 3 aromatic carbocycles. The van der Waals surface area contributed by atoms with Crippen LogP contribution in [-0.4, -0.2) is 30.4 Å². The molecule has 0 fully saturated rings. The van der Waals surface area contributed by atoms with Crippen LogP contribution in [0, 0.1) is 6.07 Å². The van der Waals surface area contributed by atoms with E-state index in [1.807, 2.05) is 17.5 Å². The summed E-state index contributed by atoms with van der Waals surface area (Å²) in [6.45, 7) is 2.85. The van der Waals surface area contributed by atoms with Gasteiger partial charge >= 0.3 is 148 Å². The number of carbonyl (C=O) groups excluding carboxylic acids is 1. The minimum absolute atomic E-state index is 0. The minimum atomic E-state index is -0.125. The van der Waals surface area contributed by atoms with Crippen molar-refractivity contribution < 1.29 is 30.0 Å². The van der Waals surface area contributed by atoms with E-state index < -0.39 is 0 Å². The molecule has 6 aromatic rings. The molecular formula is C26H18IrNO2SSe-. The van der Waals surface area contributed by atoms with Gasteiger partial charge in [-0.15, -0.1) is 0 Å². The van der Waals surface area contributed by atoms with Gasteiger partial charge < -0.3 is 5.11 Å². The quantitative estimate of drug-likeness (QED) is 0.0901. The number of nitrogens with zero attached hydrogens (tertiary/aromatic N) is 1. The molecule has 0 amide bonds. The topological polar surface area (TPSA) is 50.2 Å². The summed E-state index contributed by atoms with van der Waals surface area (Å²) in [5.74, 6) is -0.0625. The Balaban J connectivity index is 0.000000271. The fraction of sp³-hybridized carbons (Fsp3) is 0.0769. The molecule has 32 heavy (non-hydrogen) atoms. The molecule has 1 N–H and O–H groups in total. The number of allylic oxidation sites excluding steroid dienone is 2. The molecule has 0 bridgehead atoms. The summed E-state index contributed by atoms with van der Waals surface area (Å²) in [4.78, 5) is 14.8. The molecule has 0 spiro atoms. The molecule has 6 heteroatoms. The van der Waals surface area contributed by atoms with Gasteiger partial charge in [0.25, 0.3) is 0 Å². The molecule has 0 saturated heterocycles. The molecule has 0 atom stereocenters. The summed E-state index contributed by atoms with van der Waals surface area (Å²) in [5, 5.41) is 14.7. The zero-order valence-electron chi connectivity index (χ0n) is 17.3. The Kier molecular flexibility index (Phi) is 6.62. The third kappa shape index (κ3) is 4.17. The molecule has 0 aliphatic heterocycles. The molecular weight excluding hydrogens is 662 g/mol. The third-order valence-corrected chi connectivity index (χ3v) is 8.45. The number of aliphatic hydroxyl groups excluding tert-OH is 1. The Morgan fingerprint density at radius 3 is 2.56 bits per heavy atom. The third-order valence-electron chi connectivity index (χ3n) is 4.99. The monoisotopic (exact) mass is 681 g/mol. The molecule has 161 valence electrons. The number of carbonyl (C=O) groups is 1. The van der Waals surface area contributed by atoms with Crippen LogP contribution in [0.4, 0.5) is 0 Å². The van der Waals surface area contributed by atoms with E-state index in [-0.39, 0.29) is 31.6 Å². The van der Waals surface area contributed by atoms with E-state index in [2.05, 4.69) is 60.7 Å². The molecule has 6 rings (SSSR count). The van der Waals surface area contributed by atoms with Gasteiger partial charge in [0.05, 0.1) is 5.76 Å². The van der Waals surface area contributed by atoms with Gasteiger partial charge in [-0.25, -0.2) is 0 Å². The number of fused-ring (bicyclic) bond motifs is 3. The Bertz CT molecular complexity index is 1640. The van der Waals surface area contributed by atoms with Crippen molar-refractivity contribution in [2.24, 2.45) is 0 Å². The van der Waals surface area contributed by atoms with E-state index in [4.69, 9.17) is 10.1 Å². The maximum absolute atomic E-state index is 10.0. The predicted molar refractivity (Wildman–Crippen MR) is 132 cm³/mol. The number of benzene rings is 3. The number of aliphatic hydroxyl groups is 1. The summed E-state index contributed by atoms with van der Waals surface area (Å²) in [7, 11) is 0. The predicted octanol–water partition coefficient (Wildman–Crippen LogP) is 6.80. The fourth-order valence-corrected chi connectivity index (χ4v) is 7.47. The van der Waals surface area contributed by atoms with E-state index in [1.165, 1.54) is 54.0 Å². The van der Waals surface area contributed by atoms with Crippen molar-refractivity contribution in [2.75, 3.05) is 0 Å².